The summed E-state index contributed by atoms with van der Waals surface area (Å²) in [5, 5.41) is 112. The number of halogens is 5. The summed E-state index contributed by atoms with van der Waals surface area (Å²) in [6.45, 7) is -0.534. The first kappa shape index (κ1) is 63.3. The lowest BCUT2D eigenvalue weighted by Crippen LogP contribution is -2.69. The largest absolute Gasteiger partial charge is 0.394 e. The number of ether oxygens (including phenoxy) is 6. The fourth-order valence-corrected chi connectivity index (χ4v) is 11.9. The molecular weight excluding hydrogens is 1170 g/mol. The highest BCUT2D eigenvalue weighted by Gasteiger charge is 2.56. The summed E-state index contributed by atoms with van der Waals surface area (Å²) < 4.78 is 39.4. The van der Waals surface area contributed by atoms with Crippen LogP contribution >= 0.6 is 58.0 Å². The number of rotatable bonds is 24. The predicted molar refractivity (Wildman–Crippen MR) is 307 cm³/mol. The zero-order valence-electron chi connectivity index (χ0n) is 44.3. The van der Waals surface area contributed by atoms with Gasteiger partial charge in [-0.2, -0.15) is 0 Å². The van der Waals surface area contributed by atoms with E-state index in [1.807, 2.05) is 36.4 Å². The van der Waals surface area contributed by atoms with Crippen LogP contribution in [-0.2, 0) is 61.1 Å². The van der Waals surface area contributed by atoms with Gasteiger partial charge in [0.05, 0.1) is 31.4 Å². The smallest absolute Gasteiger partial charge is 0.187 e. The average molecular weight is 1240 g/mol. The summed E-state index contributed by atoms with van der Waals surface area (Å²) in [5.74, 6) is 0. The van der Waals surface area contributed by atoms with E-state index in [4.69, 9.17) is 86.4 Å². The van der Waals surface area contributed by atoms with E-state index >= 15 is 0 Å². The van der Waals surface area contributed by atoms with Crippen molar-refractivity contribution in [3.8, 4) is 0 Å². The quantitative estimate of drug-likeness (QED) is 0.0421. The number of benzene rings is 5. The SMILES string of the molecule is OC[C@H]1O[C@H](O[C@H]2[C@H](O[C@@H]3O[C@H](CO)[C@@H](O[C@H]4OC(CNCc5ccccc5Cl)[C@@H](O)[C@H](O)[C@H]4NCc4ccccc4Cl)[C@H]3O)[C@@H](O)[C@H](NCc3ccccc3Cl)C[C@@H]2NCc2ccccc2Cl)[C@H](NCc2ccccc2Cl)[C@@H](O)[C@@H]1O. The molecular formula is C58H70Cl5N5O14. The van der Waals surface area contributed by atoms with Gasteiger partial charge in [0, 0.05) is 76.5 Å². The average Bonchev–Trinajstić information content (AvgIpc) is 3.67. The van der Waals surface area contributed by atoms with Crippen molar-refractivity contribution in [2.45, 2.75) is 155 Å². The maximum Gasteiger partial charge on any atom is 0.187 e. The first-order chi connectivity index (χ1) is 39.6. The highest BCUT2D eigenvalue weighted by molar-refractivity contribution is 6.32. The zero-order chi connectivity index (χ0) is 58.0. The second kappa shape index (κ2) is 29.9. The molecule has 1 saturated carbocycles. The summed E-state index contributed by atoms with van der Waals surface area (Å²) in [5.41, 5.74) is 3.57. The Morgan fingerprint density at radius 1 is 0.378 bits per heavy atom. The van der Waals surface area contributed by atoms with E-state index in [0.717, 1.165) is 16.7 Å². The minimum atomic E-state index is -1.74. The molecule has 5 aromatic carbocycles. The number of aliphatic hydroxyl groups is 8. The molecule has 13 N–H and O–H groups in total. The van der Waals surface area contributed by atoms with Crippen molar-refractivity contribution in [1.29, 1.82) is 0 Å². The van der Waals surface area contributed by atoms with Crippen molar-refractivity contribution in [3.63, 3.8) is 0 Å². The fraction of sp³-hybridized carbons (Fsp3) is 0.483. The maximum atomic E-state index is 12.7. The van der Waals surface area contributed by atoms with Crippen molar-refractivity contribution < 1.29 is 69.3 Å². The fourth-order valence-electron chi connectivity index (χ4n) is 10.9. The van der Waals surface area contributed by atoms with Crippen LogP contribution in [0.2, 0.25) is 25.1 Å². The topological polar surface area (TPSA) is 277 Å². The Kier molecular flexibility index (Phi) is 23.1. The molecule has 0 spiro atoms. The van der Waals surface area contributed by atoms with Crippen LogP contribution in [-0.4, -0.2) is 177 Å². The van der Waals surface area contributed by atoms with E-state index in [2.05, 4.69) is 26.6 Å². The summed E-state index contributed by atoms with van der Waals surface area (Å²) >= 11 is 32.8. The summed E-state index contributed by atoms with van der Waals surface area (Å²) in [6.07, 6.45) is -21.6. The van der Waals surface area contributed by atoms with Crippen LogP contribution in [0.15, 0.2) is 121 Å². The summed E-state index contributed by atoms with van der Waals surface area (Å²) in [7, 11) is 0. The van der Waals surface area contributed by atoms with Gasteiger partial charge in [-0.1, -0.05) is 149 Å². The Morgan fingerprint density at radius 2 is 0.744 bits per heavy atom. The van der Waals surface area contributed by atoms with Crippen molar-refractivity contribution >= 4 is 58.0 Å². The van der Waals surface area contributed by atoms with E-state index in [-0.39, 0.29) is 39.1 Å². The van der Waals surface area contributed by atoms with Crippen molar-refractivity contribution in [1.82, 2.24) is 26.6 Å². The van der Waals surface area contributed by atoms with Gasteiger partial charge >= 0.3 is 0 Å². The molecule has 4 aliphatic rings. The monoisotopic (exact) mass is 1240 g/mol. The highest BCUT2D eigenvalue weighted by atomic mass is 35.5. The molecule has 19 nitrogen and oxygen atoms in total. The van der Waals surface area contributed by atoms with Gasteiger partial charge in [0.1, 0.15) is 67.1 Å². The van der Waals surface area contributed by atoms with Crippen LogP contribution in [0.25, 0.3) is 0 Å². The summed E-state index contributed by atoms with van der Waals surface area (Å²) in [4.78, 5) is 0. The Balaban J connectivity index is 1.03. The molecule has 1 aliphatic carbocycles. The van der Waals surface area contributed by atoms with Gasteiger partial charge < -0.3 is 95.9 Å². The van der Waals surface area contributed by atoms with Crippen LogP contribution in [0, 0.1) is 0 Å². The Morgan fingerprint density at radius 3 is 1.20 bits per heavy atom. The third-order valence-electron chi connectivity index (χ3n) is 15.5. The molecule has 0 radical (unpaired) electrons. The Hall–Kier alpha value is -3.21. The first-order valence-corrected chi connectivity index (χ1v) is 29.1. The van der Waals surface area contributed by atoms with Gasteiger partial charge in [-0.05, 0) is 64.6 Å². The van der Waals surface area contributed by atoms with Crippen LogP contribution in [0.3, 0.4) is 0 Å². The second-order valence-electron chi connectivity index (χ2n) is 20.9. The van der Waals surface area contributed by atoms with Gasteiger partial charge in [-0.25, -0.2) is 0 Å². The summed E-state index contributed by atoms with van der Waals surface area (Å²) in [6, 6.07) is 31.9. The molecule has 0 aromatic heterocycles. The third kappa shape index (κ3) is 15.3. The number of nitrogens with one attached hydrogen (secondary N) is 5. The van der Waals surface area contributed by atoms with Gasteiger partial charge in [-0.3, -0.25) is 0 Å². The van der Waals surface area contributed by atoms with E-state index in [0.29, 0.717) is 42.8 Å². The zero-order valence-corrected chi connectivity index (χ0v) is 48.1. The molecule has 3 heterocycles. The van der Waals surface area contributed by atoms with Crippen LogP contribution in [0.5, 0.6) is 0 Å². The molecule has 5 aromatic rings. The minimum absolute atomic E-state index is 0.0217. The molecule has 9 rings (SSSR count). The van der Waals surface area contributed by atoms with Crippen molar-refractivity contribution in [3.05, 3.63) is 174 Å². The van der Waals surface area contributed by atoms with Crippen LogP contribution in [0.4, 0.5) is 0 Å². The highest BCUT2D eigenvalue weighted by Crippen LogP contribution is 2.37. The lowest BCUT2D eigenvalue weighted by Gasteiger charge is -2.49. The first-order valence-electron chi connectivity index (χ1n) is 27.2. The standard InChI is InChI=1S/C58H70Cl5N5O14/c59-35-16-6-1-11-30(35)22-64-27-42-48(72)50(74)45(67-25-33-14-4-9-19-38(33)62)56(77-42)81-54-44(29-70)79-58(52(54)76)82-55-47(71)40(65-23-31-12-2-7-17-36(31)60)21-41(66-24-32-13-3-8-18-37(32)61)53(55)80-57-46(51(75)49(73)43(28-69)78-57)68-26-34-15-5-10-20-39(34)63/h1-20,40-58,64-76H,21-29H2/t40-,41+,42?,43-,44-,45-,46-,47+,48-,49-,50-,51-,52-,53-,54-,55-,56-,57-,58+/m1/s1. The lowest BCUT2D eigenvalue weighted by molar-refractivity contribution is -0.316. The molecule has 4 fully saturated rings. The molecule has 3 aliphatic heterocycles. The van der Waals surface area contributed by atoms with Crippen molar-refractivity contribution in [2.24, 2.45) is 0 Å². The van der Waals surface area contributed by atoms with E-state index in [9.17, 15) is 40.9 Å². The molecule has 446 valence electrons. The second-order valence-corrected chi connectivity index (χ2v) is 22.9. The molecule has 0 bridgehead atoms. The van der Waals surface area contributed by atoms with Gasteiger partial charge in [-0.15, -0.1) is 0 Å². The number of hydrogen-bond acceptors (Lipinski definition) is 19. The molecule has 1 unspecified atom stereocenters. The lowest BCUT2D eigenvalue weighted by atomic mass is 9.82. The third-order valence-corrected chi connectivity index (χ3v) is 17.4. The van der Waals surface area contributed by atoms with Gasteiger partial charge in [0.2, 0.25) is 0 Å². The molecule has 19 atom stereocenters. The Labute approximate surface area is 500 Å². The van der Waals surface area contributed by atoms with E-state index in [1.54, 1.807) is 84.9 Å². The van der Waals surface area contributed by atoms with Crippen LogP contribution in [0.1, 0.15) is 34.2 Å². The molecule has 82 heavy (non-hydrogen) atoms. The van der Waals surface area contributed by atoms with Gasteiger partial charge in [0.15, 0.2) is 18.9 Å². The Bertz CT molecular complexity index is 2820. The normalized spacial score (nSPS) is 33.2. The maximum absolute atomic E-state index is 12.7. The van der Waals surface area contributed by atoms with E-state index < -0.39 is 129 Å². The van der Waals surface area contributed by atoms with Crippen molar-refractivity contribution in [2.75, 3.05) is 19.8 Å². The van der Waals surface area contributed by atoms with E-state index in [1.165, 1.54) is 0 Å². The molecule has 3 saturated heterocycles. The predicted octanol–water partition coefficient (Wildman–Crippen LogP) is 3.56. The number of aliphatic hydroxyl groups excluding tert-OH is 8. The molecule has 24 heteroatoms. The molecule has 0 amide bonds. The number of hydrogen-bond donors (Lipinski definition) is 13. The van der Waals surface area contributed by atoms with Crippen LogP contribution < -0.4 is 26.6 Å². The minimum Gasteiger partial charge on any atom is -0.394 e. The van der Waals surface area contributed by atoms with Gasteiger partial charge in [0.25, 0.3) is 0 Å².